The van der Waals surface area contributed by atoms with Gasteiger partial charge in [0.15, 0.2) is 0 Å². The Kier molecular flexibility index (Phi) is 5.82. The third kappa shape index (κ3) is 3.27. The number of allylic oxidation sites excluding steroid dienone is 2. The zero-order chi connectivity index (χ0) is 17.0. The van der Waals surface area contributed by atoms with Crippen molar-refractivity contribution in [1.82, 2.24) is 0 Å². The molecule has 0 bridgehead atoms. The van der Waals surface area contributed by atoms with Gasteiger partial charge in [-0.3, -0.25) is 0 Å². The molecule has 0 saturated carbocycles. The van der Waals surface area contributed by atoms with E-state index in [1.165, 1.54) is 38.6 Å². The summed E-state index contributed by atoms with van der Waals surface area (Å²) < 4.78 is 0. The lowest BCUT2D eigenvalue weighted by atomic mass is 9.84. The van der Waals surface area contributed by atoms with Gasteiger partial charge in [-0.05, 0) is 63.8 Å². The van der Waals surface area contributed by atoms with Gasteiger partial charge >= 0.3 is 0 Å². The molecule has 0 nitrogen and oxygen atoms in total. The van der Waals surface area contributed by atoms with Crippen molar-refractivity contribution in [1.29, 1.82) is 0 Å². The van der Waals surface area contributed by atoms with E-state index in [0.29, 0.717) is 5.92 Å². The lowest BCUT2D eigenvalue weighted by Crippen LogP contribution is -2.00. The van der Waals surface area contributed by atoms with Crippen LogP contribution in [0.3, 0.4) is 0 Å². The molecule has 0 aromatic heterocycles. The Labute approximate surface area is 141 Å². The molecule has 0 heteroatoms. The summed E-state index contributed by atoms with van der Waals surface area (Å²) in [5.41, 5.74) is 6.96. The van der Waals surface area contributed by atoms with Gasteiger partial charge in [-0.15, -0.1) is 0 Å². The average Bonchev–Trinajstić information content (AvgIpc) is 2.61. The van der Waals surface area contributed by atoms with Crippen molar-refractivity contribution in [3.63, 3.8) is 0 Å². The van der Waals surface area contributed by atoms with Crippen molar-refractivity contribution in [3.05, 3.63) is 59.2 Å². The van der Waals surface area contributed by atoms with Gasteiger partial charge < -0.3 is 0 Å². The minimum atomic E-state index is 0.527. The number of aryl methyl sites for hydroxylation is 1. The summed E-state index contributed by atoms with van der Waals surface area (Å²) in [5, 5.41) is 2.76. The number of hydrogen-bond donors (Lipinski definition) is 0. The fraction of sp³-hybridized carbons (Fsp3) is 0.391. The molecule has 1 aliphatic carbocycles. The standard InChI is InChI=1S/C21H24.C2H6/c1-5-15(4)21-17(14(2)3)12-13-19-18-9-7-6-8-16(18)10-11-20(19)21;1-2/h7,9-14H,4-6,8H2,1-3H3;1-2H3. The van der Waals surface area contributed by atoms with Crippen molar-refractivity contribution in [3.8, 4) is 0 Å². The number of benzene rings is 2. The van der Waals surface area contributed by atoms with Crippen LogP contribution in [-0.2, 0) is 6.42 Å². The highest BCUT2D eigenvalue weighted by atomic mass is 14.2. The Hall–Kier alpha value is -1.82. The maximum atomic E-state index is 4.33. The molecule has 0 unspecified atom stereocenters. The molecule has 2 aromatic rings. The van der Waals surface area contributed by atoms with Crippen molar-refractivity contribution >= 4 is 22.4 Å². The number of rotatable bonds is 3. The van der Waals surface area contributed by atoms with Crippen LogP contribution in [0.5, 0.6) is 0 Å². The quantitative estimate of drug-likeness (QED) is 0.555. The van der Waals surface area contributed by atoms with Gasteiger partial charge in [0.1, 0.15) is 0 Å². The smallest absolute Gasteiger partial charge is 0.00998 e. The summed E-state index contributed by atoms with van der Waals surface area (Å²) in [6, 6.07) is 9.25. The molecule has 23 heavy (non-hydrogen) atoms. The second kappa shape index (κ2) is 7.64. The predicted octanol–water partition coefficient (Wildman–Crippen LogP) is 7.37. The lowest BCUT2D eigenvalue weighted by Gasteiger charge is -2.20. The van der Waals surface area contributed by atoms with Crippen molar-refractivity contribution in [2.45, 2.75) is 59.8 Å². The molecule has 0 atom stereocenters. The first kappa shape index (κ1) is 17.5. The van der Waals surface area contributed by atoms with Crippen LogP contribution in [0.15, 0.2) is 36.9 Å². The molecule has 0 aliphatic heterocycles. The molecule has 3 rings (SSSR count). The predicted molar refractivity (Wildman–Crippen MR) is 106 cm³/mol. The highest BCUT2D eigenvalue weighted by molar-refractivity contribution is 6.00. The highest BCUT2D eigenvalue weighted by Crippen LogP contribution is 2.37. The SMILES string of the molecule is C=C(CC)c1c(C(C)C)ccc2c3c(ccc12)CCC=C3.CC. The van der Waals surface area contributed by atoms with E-state index in [9.17, 15) is 0 Å². The lowest BCUT2D eigenvalue weighted by molar-refractivity contribution is 0.863. The van der Waals surface area contributed by atoms with Gasteiger partial charge in [-0.1, -0.05) is 77.6 Å². The van der Waals surface area contributed by atoms with E-state index in [4.69, 9.17) is 0 Å². The molecule has 0 saturated heterocycles. The molecule has 0 radical (unpaired) electrons. The number of hydrogen-bond acceptors (Lipinski definition) is 0. The molecule has 122 valence electrons. The fourth-order valence-corrected chi connectivity index (χ4v) is 3.40. The molecular formula is C23H30. The fourth-order valence-electron chi connectivity index (χ4n) is 3.40. The van der Waals surface area contributed by atoms with Crippen LogP contribution in [0, 0.1) is 0 Å². The molecule has 0 N–H and O–H groups in total. The van der Waals surface area contributed by atoms with E-state index >= 15 is 0 Å². The Morgan fingerprint density at radius 2 is 1.78 bits per heavy atom. The van der Waals surface area contributed by atoms with E-state index in [-0.39, 0.29) is 0 Å². The van der Waals surface area contributed by atoms with Crippen molar-refractivity contribution < 1.29 is 0 Å². The highest BCUT2D eigenvalue weighted by Gasteiger charge is 2.16. The molecule has 0 fully saturated rings. The first-order valence-electron chi connectivity index (χ1n) is 9.06. The largest absolute Gasteiger partial charge is 0.0952 e. The van der Waals surface area contributed by atoms with Crippen LogP contribution in [-0.4, -0.2) is 0 Å². The van der Waals surface area contributed by atoms with Crippen molar-refractivity contribution in [2.75, 3.05) is 0 Å². The van der Waals surface area contributed by atoms with E-state index in [1.807, 2.05) is 13.8 Å². The summed E-state index contributed by atoms with van der Waals surface area (Å²) >= 11 is 0. The van der Waals surface area contributed by atoms with Crippen LogP contribution in [0.2, 0.25) is 0 Å². The third-order valence-corrected chi connectivity index (χ3v) is 4.63. The van der Waals surface area contributed by atoms with Crippen LogP contribution in [0.25, 0.3) is 22.4 Å². The Bertz CT molecular complexity index is 729. The van der Waals surface area contributed by atoms with Gasteiger partial charge in [-0.25, -0.2) is 0 Å². The Morgan fingerprint density at radius 1 is 1.09 bits per heavy atom. The number of fused-ring (bicyclic) bond motifs is 3. The van der Waals surface area contributed by atoms with Gasteiger partial charge in [0.2, 0.25) is 0 Å². The summed E-state index contributed by atoms with van der Waals surface area (Å²) in [5.74, 6) is 0.527. The van der Waals surface area contributed by atoms with E-state index in [2.05, 4.69) is 63.8 Å². The molecule has 1 aliphatic rings. The van der Waals surface area contributed by atoms with E-state index in [1.54, 1.807) is 0 Å². The Morgan fingerprint density at radius 3 is 2.43 bits per heavy atom. The van der Waals surface area contributed by atoms with Gasteiger partial charge in [-0.2, -0.15) is 0 Å². The molecule has 0 amide bonds. The van der Waals surface area contributed by atoms with Crippen molar-refractivity contribution in [2.24, 2.45) is 0 Å². The summed E-state index contributed by atoms with van der Waals surface area (Å²) in [6.07, 6.45) is 7.93. The van der Waals surface area contributed by atoms with E-state index < -0.39 is 0 Å². The Balaban J connectivity index is 0.000000924. The zero-order valence-electron chi connectivity index (χ0n) is 15.4. The second-order valence-electron chi connectivity index (χ2n) is 6.32. The van der Waals surface area contributed by atoms with Gasteiger partial charge in [0.25, 0.3) is 0 Å². The molecular weight excluding hydrogens is 276 g/mol. The maximum Gasteiger partial charge on any atom is -0.00998 e. The normalized spacial score (nSPS) is 12.8. The monoisotopic (exact) mass is 306 g/mol. The van der Waals surface area contributed by atoms with E-state index in [0.717, 1.165) is 19.3 Å². The van der Waals surface area contributed by atoms with Crippen LogP contribution in [0.1, 0.15) is 75.6 Å². The second-order valence-corrected chi connectivity index (χ2v) is 6.32. The van der Waals surface area contributed by atoms with Gasteiger partial charge in [0.05, 0.1) is 0 Å². The van der Waals surface area contributed by atoms with Crippen LogP contribution >= 0.6 is 0 Å². The van der Waals surface area contributed by atoms with Gasteiger partial charge in [0, 0.05) is 0 Å². The maximum absolute atomic E-state index is 4.33. The van der Waals surface area contributed by atoms with Crippen LogP contribution in [0.4, 0.5) is 0 Å². The first-order valence-corrected chi connectivity index (χ1v) is 9.06. The minimum absolute atomic E-state index is 0.527. The minimum Gasteiger partial charge on any atom is -0.0952 e. The summed E-state index contributed by atoms with van der Waals surface area (Å²) in [7, 11) is 0. The molecule has 0 spiro atoms. The zero-order valence-corrected chi connectivity index (χ0v) is 15.4. The molecule has 0 heterocycles. The topological polar surface area (TPSA) is 0 Å². The average molecular weight is 306 g/mol. The summed E-state index contributed by atoms with van der Waals surface area (Å²) in [4.78, 5) is 0. The third-order valence-electron chi connectivity index (χ3n) is 4.63. The van der Waals surface area contributed by atoms with Crippen LogP contribution < -0.4 is 0 Å². The molecule has 2 aromatic carbocycles. The summed E-state index contributed by atoms with van der Waals surface area (Å²) in [6.45, 7) is 15.1. The first-order chi connectivity index (χ1) is 11.1.